The van der Waals surface area contributed by atoms with Crippen molar-refractivity contribution in [3.05, 3.63) is 47.4 Å². The number of carbonyl (C=O) groups excluding carboxylic acids is 1. The molecule has 1 unspecified atom stereocenters. The van der Waals surface area contributed by atoms with Gasteiger partial charge < -0.3 is 9.47 Å². The number of nitrogens with zero attached hydrogens (tertiary/aromatic N) is 5. The Morgan fingerprint density at radius 1 is 1.30 bits per heavy atom. The van der Waals surface area contributed by atoms with Gasteiger partial charge in [-0.05, 0) is 43.5 Å². The molecule has 0 radical (unpaired) electrons. The number of carbonyl (C=O) groups is 1. The molecule has 0 N–H and O–H groups in total. The van der Waals surface area contributed by atoms with E-state index in [4.69, 9.17) is 11.6 Å². The van der Waals surface area contributed by atoms with E-state index in [-0.39, 0.29) is 11.2 Å². The maximum Gasteiger partial charge on any atom is 0.227 e. The lowest BCUT2D eigenvalue weighted by atomic mass is 10.1. The third-order valence-corrected chi connectivity index (χ3v) is 5.41. The fourth-order valence-electron chi connectivity index (χ4n) is 3.60. The highest BCUT2D eigenvalue weighted by molar-refractivity contribution is 6.28. The zero-order valence-corrected chi connectivity index (χ0v) is 16.3. The summed E-state index contributed by atoms with van der Waals surface area (Å²) in [5, 5.41) is 1.27. The molecule has 27 heavy (non-hydrogen) atoms. The second-order valence-corrected chi connectivity index (χ2v) is 7.35. The summed E-state index contributed by atoms with van der Waals surface area (Å²) in [6.45, 7) is 5.14. The van der Waals surface area contributed by atoms with Crippen LogP contribution >= 0.6 is 11.6 Å². The largest absolute Gasteiger partial charge is 0.342 e. The molecule has 4 heterocycles. The van der Waals surface area contributed by atoms with Gasteiger partial charge in [-0.1, -0.05) is 6.92 Å². The third kappa shape index (κ3) is 3.41. The molecule has 4 rings (SSSR count). The van der Waals surface area contributed by atoms with Crippen molar-refractivity contribution < 1.29 is 4.79 Å². The highest BCUT2D eigenvalue weighted by atomic mass is 35.5. The van der Waals surface area contributed by atoms with Crippen LogP contribution in [0.4, 0.5) is 5.69 Å². The summed E-state index contributed by atoms with van der Waals surface area (Å²) in [5.41, 5.74) is 3.82. The topological polar surface area (TPSA) is 63.9 Å². The minimum absolute atomic E-state index is 0.193. The van der Waals surface area contributed by atoms with E-state index in [0.29, 0.717) is 18.9 Å². The van der Waals surface area contributed by atoms with E-state index < -0.39 is 0 Å². The molecule has 0 spiro atoms. The molecule has 1 saturated heterocycles. The van der Waals surface area contributed by atoms with E-state index >= 15 is 0 Å². The highest BCUT2D eigenvalue weighted by Crippen LogP contribution is 2.34. The standard InChI is InChI=1S/C20H22ClN5O/c1-3-13(2)26-12-18(25-8-4-5-19(25)27)16-11-23-15(10-17(16)26)9-14-6-7-22-20(21)24-14/h6-7,10-13H,3-5,8-9H2,1-2H3. The van der Waals surface area contributed by atoms with Crippen LogP contribution in [0.2, 0.25) is 5.28 Å². The van der Waals surface area contributed by atoms with Crippen molar-refractivity contribution in [3.8, 4) is 0 Å². The Balaban J connectivity index is 1.78. The summed E-state index contributed by atoms with van der Waals surface area (Å²) in [4.78, 5) is 27.0. The number of hydrogen-bond acceptors (Lipinski definition) is 4. The zero-order valence-electron chi connectivity index (χ0n) is 15.5. The molecular formula is C20H22ClN5O. The van der Waals surface area contributed by atoms with Gasteiger partial charge in [0.1, 0.15) is 0 Å². The van der Waals surface area contributed by atoms with E-state index in [1.54, 1.807) is 6.20 Å². The molecule has 0 saturated carbocycles. The Bertz CT molecular complexity index is 999. The highest BCUT2D eigenvalue weighted by Gasteiger charge is 2.26. The molecule has 1 aliphatic heterocycles. The second-order valence-electron chi connectivity index (χ2n) is 7.01. The molecule has 140 valence electrons. The van der Waals surface area contributed by atoms with E-state index in [1.807, 2.05) is 17.2 Å². The van der Waals surface area contributed by atoms with Gasteiger partial charge in [-0.25, -0.2) is 9.97 Å². The molecule has 0 aliphatic carbocycles. The molecule has 0 bridgehead atoms. The summed E-state index contributed by atoms with van der Waals surface area (Å²) in [6, 6.07) is 4.28. The van der Waals surface area contributed by atoms with Crippen LogP contribution in [0.5, 0.6) is 0 Å². The number of aromatic nitrogens is 4. The lowest BCUT2D eigenvalue weighted by Crippen LogP contribution is -2.23. The Hall–Kier alpha value is -2.47. The van der Waals surface area contributed by atoms with E-state index in [2.05, 4.69) is 45.6 Å². The maximum absolute atomic E-state index is 12.3. The van der Waals surface area contributed by atoms with Gasteiger partial charge in [0, 0.05) is 55.1 Å². The average molecular weight is 384 g/mol. The molecule has 1 aliphatic rings. The predicted octanol–water partition coefficient (Wildman–Crippen LogP) is 4.17. The summed E-state index contributed by atoms with van der Waals surface area (Å²) in [5.74, 6) is 0.193. The van der Waals surface area contributed by atoms with Crippen LogP contribution < -0.4 is 4.90 Å². The lowest BCUT2D eigenvalue weighted by Gasteiger charge is -2.14. The number of pyridine rings is 1. The average Bonchev–Trinajstić information content (AvgIpc) is 3.24. The Morgan fingerprint density at radius 2 is 2.15 bits per heavy atom. The first-order valence-corrected chi connectivity index (χ1v) is 9.72. The van der Waals surface area contributed by atoms with Crippen molar-refractivity contribution in [1.29, 1.82) is 0 Å². The van der Waals surface area contributed by atoms with Gasteiger partial charge in [-0.3, -0.25) is 9.78 Å². The lowest BCUT2D eigenvalue weighted by molar-refractivity contribution is -0.117. The van der Waals surface area contributed by atoms with Crippen molar-refractivity contribution in [2.45, 2.75) is 45.6 Å². The SMILES string of the molecule is CCC(C)n1cc(N2CCCC2=O)c2cnc(Cc3ccnc(Cl)n3)cc21. The number of fused-ring (bicyclic) bond motifs is 1. The number of rotatable bonds is 5. The van der Waals surface area contributed by atoms with Gasteiger partial charge in [0.05, 0.1) is 16.9 Å². The van der Waals surface area contributed by atoms with Crippen molar-refractivity contribution >= 4 is 34.1 Å². The van der Waals surface area contributed by atoms with Gasteiger partial charge in [0.2, 0.25) is 11.2 Å². The van der Waals surface area contributed by atoms with Gasteiger partial charge >= 0.3 is 0 Å². The van der Waals surface area contributed by atoms with Crippen molar-refractivity contribution in [2.75, 3.05) is 11.4 Å². The van der Waals surface area contributed by atoms with Crippen LogP contribution in [0.3, 0.4) is 0 Å². The van der Waals surface area contributed by atoms with Crippen LogP contribution in [-0.4, -0.2) is 32.0 Å². The molecular weight excluding hydrogens is 362 g/mol. The summed E-state index contributed by atoms with van der Waals surface area (Å²) < 4.78 is 2.26. The predicted molar refractivity (Wildman–Crippen MR) is 106 cm³/mol. The quantitative estimate of drug-likeness (QED) is 0.620. The van der Waals surface area contributed by atoms with E-state index in [9.17, 15) is 4.79 Å². The van der Waals surface area contributed by atoms with Gasteiger partial charge in [0.15, 0.2) is 0 Å². The van der Waals surface area contributed by atoms with Crippen LogP contribution in [0, 0.1) is 0 Å². The molecule has 7 heteroatoms. The number of halogens is 1. The summed E-state index contributed by atoms with van der Waals surface area (Å²) in [6.07, 6.45) is 8.77. The van der Waals surface area contributed by atoms with Gasteiger partial charge in [-0.2, -0.15) is 0 Å². The number of hydrogen-bond donors (Lipinski definition) is 0. The van der Waals surface area contributed by atoms with Crippen molar-refractivity contribution in [3.63, 3.8) is 0 Å². The Kier molecular flexibility index (Phi) is 4.83. The number of amides is 1. The fraction of sp³-hybridized carbons (Fsp3) is 0.400. The van der Waals surface area contributed by atoms with Crippen molar-refractivity contribution in [2.24, 2.45) is 0 Å². The first-order chi connectivity index (χ1) is 13.1. The van der Waals surface area contributed by atoms with Crippen LogP contribution in [0.15, 0.2) is 30.7 Å². The molecule has 1 fully saturated rings. The minimum Gasteiger partial charge on any atom is -0.342 e. The van der Waals surface area contributed by atoms with Crippen LogP contribution in [0.25, 0.3) is 10.9 Å². The maximum atomic E-state index is 12.3. The molecule has 1 atom stereocenters. The number of anilines is 1. The molecule has 1 amide bonds. The van der Waals surface area contributed by atoms with E-state index in [0.717, 1.165) is 47.4 Å². The summed E-state index contributed by atoms with van der Waals surface area (Å²) in [7, 11) is 0. The normalized spacial score (nSPS) is 15.7. The molecule has 0 aromatic carbocycles. The first-order valence-electron chi connectivity index (χ1n) is 9.34. The van der Waals surface area contributed by atoms with Gasteiger partial charge in [-0.15, -0.1) is 0 Å². The van der Waals surface area contributed by atoms with Crippen molar-refractivity contribution in [1.82, 2.24) is 19.5 Å². The smallest absolute Gasteiger partial charge is 0.227 e. The summed E-state index contributed by atoms with van der Waals surface area (Å²) >= 11 is 5.90. The molecule has 3 aromatic rings. The minimum atomic E-state index is 0.193. The third-order valence-electron chi connectivity index (χ3n) is 5.23. The van der Waals surface area contributed by atoms with Gasteiger partial charge in [0.25, 0.3) is 0 Å². The van der Waals surface area contributed by atoms with E-state index in [1.165, 1.54) is 0 Å². The first kappa shape index (κ1) is 17.9. The molecule has 6 nitrogen and oxygen atoms in total. The zero-order chi connectivity index (χ0) is 19.0. The van der Waals surface area contributed by atoms with Crippen LogP contribution in [-0.2, 0) is 11.2 Å². The second kappa shape index (κ2) is 7.27. The monoisotopic (exact) mass is 383 g/mol. The Labute approximate surface area is 163 Å². The fourth-order valence-corrected chi connectivity index (χ4v) is 3.76. The van der Waals surface area contributed by atoms with Crippen LogP contribution in [0.1, 0.15) is 50.5 Å². The molecule has 3 aromatic heterocycles. The Morgan fingerprint density at radius 3 is 2.85 bits per heavy atom.